The lowest BCUT2D eigenvalue weighted by atomic mass is 9.56. The van der Waals surface area contributed by atoms with Crippen molar-refractivity contribution in [3.05, 3.63) is 0 Å². The molecule has 0 bridgehead atoms. The number of carbonyl (C=O) groups excluding carboxylic acids is 1. The molecule has 3 fully saturated rings. The number of carbonyl (C=O) groups is 1. The lowest BCUT2D eigenvalue weighted by Crippen LogP contribution is -2.44. The summed E-state index contributed by atoms with van der Waals surface area (Å²) < 4.78 is 0. The van der Waals surface area contributed by atoms with E-state index in [2.05, 4.69) is 0 Å². The van der Waals surface area contributed by atoms with Gasteiger partial charge in [-0.25, -0.2) is 0 Å². The second-order valence-corrected chi connectivity index (χ2v) is 6.12. The quantitative estimate of drug-likeness (QED) is 0.641. The van der Waals surface area contributed by atoms with Crippen LogP contribution in [0.3, 0.4) is 0 Å². The Labute approximate surface area is 92.6 Å². The van der Waals surface area contributed by atoms with Crippen LogP contribution in [0, 0.1) is 23.2 Å². The molecular formula is C14H22O. The van der Waals surface area contributed by atoms with Crippen LogP contribution in [0.5, 0.6) is 0 Å². The summed E-state index contributed by atoms with van der Waals surface area (Å²) in [6.07, 6.45) is 10.8. The molecule has 4 unspecified atom stereocenters. The Kier molecular flexibility index (Phi) is 2.19. The fourth-order valence-electron chi connectivity index (χ4n) is 5.10. The predicted octanol–water partition coefficient (Wildman–Crippen LogP) is 3.57. The highest BCUT2D eigenvalue weighted by molar-refractivity contribution is 5.83. The third-order valence-electron chi connectivity index (χ3n) is 5.66. The fraction of sp³-hybridized carbons (Fsp3) is 0.929. The van der Waals surface area contributed by atoms with Gasteiger partial charge in [-0.1, -0.05) is 32.1 Å². The molecule has 0 aromatic heterocycles. The molecule has 1 nitrogen and oxygen atoms in total. The van der Waals surface area contributed by atoms with E-state index in [1.165, 1.54) is 51.4 Å². The minimum atomic E-state index is 0.147. The molecule has 15 heavy (non-hydrogen) atoms. The van der Waals surface area contributed by atoms with Crippen molar-refractivity contribution in [2.75, 3.05) is 0 Å². The van der Waals surface area contributed by atoms with Gasteiger partial charge in [0.1, 0.15) is 5.78 Å². The van der Waals surface area contributed by atoms with Crippen LogP contribution in [-0.4, -0.2) is 5.78 Å². The van der Waals surface area contributed by atoms with Crippen molar-refractivity contribution < 1.29 is 4.79 Å². The van der Waals surface area contributed by atoms with Gasteiger partial charge in [-0.05, 0) is 43.9 Å². The Balaban J connectivity index is 1.97. The summed E-state index contributed by atoms with van der Waals surface area (Å²) in [4.78, 5) is 12.0. The highest BCUT2D eigenvalue weighted by Crippen LogP contribution is 2.61. The van der Waals surface area contributed by atoms with Gasteiger partial charge in [0.25, 0.3) is 0 Å². The minimum absolute atomic E-state index is 0.147. The highest BCUT2D eigenvalue weighted by atomic mass is 16.1. The maximum atomic E-state index is 12.0. The van der Waals surface area contributed by atoms with Gasteiger partial charge >= 0.3 is 0 Å². The van der Waals surface area contributed by atoms with Crippen LogP contribution in [-0.2, 0) is 4.79 Å². The summed E-state index contributed by atoms with van der Waals surface area (Å²) in [6.45, 7) is 1.86. The Bertz CT molecular complexity index is 281. The van der Waals surface area contributed by atoms with E-state index in [0.717, 1.165) is 17.8 Å². The summed E-state index contributed by atoms with van der Waals surface area (Å²) in [5.41, 5.74) is 0.147. The number of hydrogen-bond donors (Lipinski definition) is 0. The van der Waals surface area contributed by atoms with Crippen LogP contribution in [0.2, 0.25) is 0 Å². The third-order valence-corrected chi connectivity index (χ3v) is 5.66. The molecule has 0 aromatic carbocycles. The van der Waals surface area contributed by atoms with E-state index < -0.39 is 0 Å². The number of Topliss-reactive ketones (excluding diaryl/α,β-unsaturated/α-hetero) is 1. The average molecular weight is 206 g/mol. The Morgan fingerprint density at radius 3 is 2.40 bits per heavy atom. The molecule has 3 aliphatic rings. The molecule has 0 aromatic rings. The first kappa shape index (κ1) is 9.86. The average Bonchev–Trinajstić information content (AvgIpc) is 2.62. The van der Waals surface area contributed by atoms with E-state index >= 15 is 0 Å². The zero-order valence-electron chi connectivity index (χ0n) is 9.80. The van der Waals surface area contributed by atoms with Gasteiger partial charge in [-0.15, -0.1) is 0 Å². The van der Waals surface area contributed by atoms with Crippen LogP contribution in [0.4, 0.5) is 0 Å². The van der Waals surface area contributed by atoms with Crippen LogP contribution in [0.1, 0.15) is 58.3 Å². The number of hydrogen-bond acceptors (Lipinski definition) is 1. The van der Waals surface area contributed by atoms with Crippen LogP contribution in [0.15, 0.2) is 0 Å². The molecule has 3 aliphatic carbocycles. The van der Waals surface area contributed by atoms with Crippen molar-refractivity contribution in [3.8, 4) is 0 Å². The van der Waals surface area contributed by atoms with E-state index in [0.29, 0.717) is 5.78 Å². The van der Waals surface area contributed by atoms with Gasteiger partial charge in [0.15, 0.2) is 0 Å². The van der Waals surface area contributed by atoms with Gasteiger partial charge < -0.3 is 0 Å². The molecule has 3 saturated carbocycles. The van der Waals surface area contributed by atoms with E-state index in [1.807, 2.05) is 6.92 Å². The predicted molar refractivity (Wildman–Crippen MR) is 60.5 cm³/mol. The first-order valence-electron chi connectivity index (χ1n) is 6.75. The Morgan fingerprint density at radius 2 is 1.67 bits per heavy atom. The third kappa shape index (κ3) is 1.24. The minimum Gasteiger partial charge on any atom is -0.299 e. The van der Waals surface area contributed by atoms with Gasteiger partial charge in [0.2, 0.25) is 0 Å². The summed E-state index contributed by atoms with van der Waals surface area (Å²) in [6, 6.07) is 0. The van der Waals surface area contributed by atoms with E-state index in [9.17, 15) is 4.79 Å². The molecule has 84 valence electrons. The van der Waals surface area contributed by atoms with Crippen molar-refractivity contribution in [3.63, 3.8) is 0 Å². The van der Waals surface area contributed by atoms with E-state index in [4.69, 9.17) is 0 Å². The second kappa shape index (κ2) is 3.33. The smallest absolute Gasteiger partial charge is 0.136 e. The topological polar surface area (TPSA) is 17.1 Å². The molecule has 0 saturated heterocycles. The Morgan fingerprint density at radius 1 is 1.00 bits per heavy atom. The monoisotopic (exact) mass is 206 g/mol. The lowest BCUT2D eigenvalue weighted by molar-refractivity contribution is -0.134. The molecule has 0 amide bonds. The molecule has 4 atom stereocenters. The maximum Gasteiger partial charge on any atom is 0.136 e. The summed E-state index contributed by atoms with van der Waals surface area (Å²) in [7, 11) is 0. The Hall–Kier alpha value is -0.330. The molecule has 0 aliphatic heterocycles. The van der Waals surface area contributed by atoms with Crippen LogP contribution in [0.25, 0.3) is 0 Å². The zero-order valence-corrected chi connectivity index (χ0v) is 9.80. The first-order chi connectivity index (χ1) is 7.24. The number of ketones is 1. The normalized spacial score (nSPS) is 48.7. The SMILES string of the molecule is CC(=O)C12CCCC3CCCC(CC1)C32. The van der Waals surface area contributed by atoms with Gasteiger partial charge in [0, 0.05) is 5.41 Å². The molecule has 0 N–H and O–H groups in total. The zero-order chi connectivity index (χ0) is 10.5. The lowest BCUT2D eigenvalue weighted by Gasteiger charge is -2.47. The van der Waals surface area contributed by atoms with Gasteiger partial charge in [0.05, 0.1) is 0 Å². The molecule has 0 radical (unpaired) electrons. The van der Waals surface area contributed by atoms with E-state index in [-0.39, 0.29) is 5.41 Å². The molecule has 1 heteroatoms. The fourth-order valence-corrected chi connectivity index (χ4v) is 5.10. The van der Waals surface area contributed by atoms with Gasteiger partial charge in [-0.3, -0.25) is 4.79 Å². The molecule has 3 rings (SSSR count). The standard InChI is InChI=1S/C14H22O/c1-10(15)14-8-3-6-11-4-2-5-12(7-9-14)13(11)14/h11-13H,2-9H2,1H3. The van der Waals surface area contributed by atoms with Gasteiger partial charge in [-0.2, -0.15) is 0 Å². The summed E-state index contributed by atoms with van der Waals surface area (Å²) in [5, 5.41) is 0. The largest absolute Gasteiger partial charge is 0.299 e. The highest BCUT2D eigenvalue weighted by Gasteiger charge is 2.56. The van der Waals surface area contributed by atoms with Crippen molar-refractivity contribution >= 4 is 5.78 Å². The molecule has 0 heterocycles. The van der Waals surface area contributed by atoms with Crippen molar-refractivity contribution in [1.29, 1.82) is 0 Å². The second-order valence-electron chi connectivity index (χ2n) is 6.12. The number of rotatable bonds is 1. The van der Waals surface area contributed by atoms with E-state index in [1.54, 1.807) is 0 Å². The summed E-state index contributed by atoms with van der Waals surface area (Å²) >= 11 is 0. The summed E-state index contributed by atoms with van der Waals surface area (Å²) in [5.74, 6) is 3.12. The molecular weight excluding hydrogens is 184 g/mol. The van der Waals surface area contributed by atoms with Crippen molar-refractivity contribution in [1.82, 2.24) is 0 Å². The first-order valence-corrected chi connectivity index (χ1v) is 6.75. The van der Waals surface area contributed by atoms with Crippen molar-refractivity contribution in [2.24, 2.45) is 23.2 Å². The maximum absolute atomic E-state index is 12.0. The van der Waals surface area contributed by atoms with Crippen LogP contribution < -0.4 is 0 Å². The molecule has 0 spiro atoms. The van der Waals surface area contributed by atoms with Crippen LogP contribution >= 0.6 is 0 Å². The van der Waals surface area contributed by atoms with Crippen molar-refractivity contribution in [2.45, 2.75) is 58.3 Å².